The van der Waals surface area contributed by atoms with Gasteiger partial charge in [0, 0.05) is 151 Å². The van der Waals surface area contributed by atoms with Crippen LogP contribution >= 0.6 is 0 Å². The van der Waals surface area contributed by atoms with Crippen LogP contribution in [0.25, 0.3) is 0 Å². The van der Waals surface area contributed by atoms with Gasteiger partial charge in [-0.3, -0.25) is 0 Å². The Morgan fingerprint density at radius 3 is 0.583 bits per heavy atom. The van der Waals surface area contributed by atoms with Crippen molar-refractivity contribution in [3.05, 3.63) is 0 Å². The van der Waals surface area contributed by atoms with Crippen LogP contribution in [0.15, 0.2) is 0 Å². The molecular weight excluding hydrogens is 256 g/mol. The number of hydrogen-bond acceptors (Lipinski definition) is 0. The van der Waals surface area contributed by atoms with Crippen LogP contribution in [0, 0.1) is 151 Å². The summed E-state index contributed by atoms with van der Waals surface area (Å²) in [4.78, 5) is 0. The van der Waals surface area contributed by atoms with Crippen molar-refractivity contribution in [3.8, 4) is 0 Å². The Morgan fingerprint density at radius 1 is 0.583 bits per heavy atom. The van der Waals surface area contributed by atoms with E-state index >= 15 is 0 Å². The minimum Gasteiger partial charge on any atom is -0.0776 e. The first kappa shape index (κ1) is 67.8. The second-order valence-corrected chi connectivity index (χ2v) is 0.707. The van der Waals surface area contributed by atoms with Gasteiger partial charge in [-0.05, 0) is 0 Å². The van der Waals surface area contributed by atoms with Crippen molar-refractivity contribution in [2.75, 3.05) is 0 Å². The van der Waals surface area contributed by atoms with E-state index in [1.807, 2.05) is 13.8 Å². The van der Waals surface area contributed by atoms with E-state index in [1.165, 1.54) is 6.42 Å². The molecule has 0 aromatic heterocycles. The predicted octanol–water partition coefficient (Wildman–Crippen LogP) is 4.35. The largest absolute Gasteiger partial charge is 0.0776 e. The first-order valence-corrected chi connectivity index (χ1v) is 2.41. The predicted molar refractivity (Wildman–Crippen MR) is 47.5 cm³/mol. The van der Waals surface area contributed by atoms with Crippen molar-refractivity contribution in [2.45, 2.75) is 56.4 Å². The minimum absolute atomic E-state index is 0. The van der Waals surface area contributed by atoms with Gasteiger partial charge < -0.3 is 0 Å². The first-order chi connectivity index (χ1) is 2.41. The first-order valence-electron chi connectivity index (χ1n) is 2.41. The molecule has 0 atom stereocenters. The molecule has 12 heavy (non-hydrogen) atoms. The van der Waals surface area contributed by atoms with Crippen molar-refractivity contribution in [2.24, 2.45) is 0 Å². The average molecular weight is 282 g/mol. The maximum absolute atomic E-state index is 2.12. The van der Waals surface area contributed by atoms with Gasteiger partial charge in [0.2, 0.25) is 0 Å². The summed E-state index contributed by atoms with van der Waals surface area (Å²) in [5.74, 6) is 0. The summed E-state index contributed by atoms with van der Waals surface area (Å²) in [5, 5.41) is 0. The van der Waals surface area contributed by atoms with Gasteiger partial charge in [0.05, 0.1) is 0 Å². The molecule has 0 aliphatic heterocycles. The van der Waals surface area contributed by atoms with Gasteiger partial charge in [-0.2, -0.15) is 0 Å². The molecule has 0 saturated carbocycles. The van der Waals surface area contributed by atoms with E-state index in [4.69, 9.17) is 0 Å². The van der Waals surface area contributed by atoms with E-state index in [9.17, 15) is 0 Å². The quantitative estimate of drug-likeness (QED) is 0.619. The van der Waals surface area contributed by atoms with Crippen LogP contribution < -0.4 is 0 Å². The van der Waals surface area contributed by atoms with Crippen LogP contribution in [-0.4, -0.2) is 0 Å². The van der Waals surface area contributed by atoms with E-state index in [0.717, 1.165) is 0 Å². The van der Waals surface area contributed by atoms with Gasteiger partial charge >= 0.3 is 0 Å². The Kier molecular flexibility index (Phi) is 562. The van der Waals surface area contributed by atoms with Gasteiger partial charge in [0.1, 0.15) is 0 Å². The molecule has 0 aliphatic carbocycles. The summed E-state index contributed by atoms with van der Waals surface area (Å²) in [6.45, 7) is 8.25. The molecule has 4 heteroatoms. The van der Waals surface area contributed by atoms with Gasteiger partial charge in [-0.15, -0.1) is 0 Å². The molecule has 0 N–H and O–H groups in total. The third-order valence-corrected chi connectivity index (χ3v) is 0. The summed E-state index contributed by atoms with van der Waals surface area (Å²) in [6, 6.07) is 0. The zero-order valence-electron chi connectivity index (χ0n) is 6.12. The van der Waals surface area contributed by atoms with Crippen LogP contribution in [0.2, 0.25) is 0 Å². The average Bonchev–Trinajstić information content (AvgIpc) is 1.46. The molecule has 0 heterocycles. The molecule has 0 radical (unpaired) electrons. The Hall–Kier alpha value is 5.04. The van der Waals surface area contributed by atoms with Crippen molar-refractivity contribution in [1.82, 2.24) is 0 Å². The molecule has 0 saturated heterocycles. The second kappa shape index (κ2) is 99.5. The van der Waals surface area contributed by atoms with E-state index in [2.05, 4.69) is 13.8 Å². The van der Waals surface area contributed by atoms with Crippen molar-refractivity contribution >= 4 is 0 Å². The number of hydrogen-bond donors (Lipinski definition) is 0. The topological polar surface area (TPSA) is 0 Å². The van der Waals surface area contributed by atoms with E-state index in [-0.39, 0.29) is 173 Å². The summed E-state index contributed by atoms with van der Waals surface area (Å²) in [5.41, 5.74) is 0. The normalized spacial score (nSPS) is 2.00. The maximum atomic E-state index is 2.12. The van der Waals surface area contributed by atoms with Crippen molar-refractivity contribution < 1.29 is 151 Å². The summed E-state index contributed by atoms with van der Waals surface area (Å²) in [7, 11) is 0. The minimum atomic E-state index is 0. The van der Waals surface area contributed by atoms with Gasteiger partial charge in [-0.1, -0.05) is 56.4 Å². The van der Waals surface area contributed by atoms with Crippen LogP contribution in [0.4, 0.5) is 0 Å². The molecule has 0 aromatic rings. The molecule has 0 bridgehead atoms. The van der Waals surface area contributed by atoms with Crippen molar-refractivity contribution in [1.29, 1.82) is 0 Å². The Morgan fingerprint density at radius 2 is 0.583 bits per heavy atom. The second-order valence-electron chi connectivity index (χ2n) is 0.707. The molecular formula is C8H26Ar4. The van der Waals surface area contributed by atoms with Gasteiger partial charge in [0.15, 0.2) is 0 Å². The summed E-state index contributed by atoms with van der Waals surface area (Å²) >= 11 is 0. The third kappa shape index (κ3) is 117. The van der Waals surface area contributed by atoms with E-state index < -0.39 is 0 Å². The maximum Gasteiger partial charge on any atom is 0 e. The number of rotatable bonds is 0. The zero-order chi connectivity index (χ0) is 4.71. The molecule has 0 rings (SSSR count). The van der Waals surface area contributed by atoms with Gasteiger partial charge in [-0.25, -0.2) is 0 Å². The fourth-order valence-electron chi connectivity index (χ4n) is 0. The Labute approximate surface area is 202 Å². The molecule has 0 unspecified atom stereocenters. The van der Waals surface area contributed by atoms with E-state index in [0.29, 0.717) is 0 Å². The summed E-state index contributed by atoms with van der Waals surface area (Å²) in [6.07, 6.45) is 1.25. The molecule has 0 spiro atoms. The molecule has 90 valence electrons. The fourth-order valence-corrected chi connectivity index (χ4v) is 0. The fraction of sp³-hybridized carbons (Fsp3) is 1.00. The van der Waals surface area contributed by atoms with Gasteiger partial charge in [0.25, 0.3) is 0 Å². The standard InChI is InChI=1S/C3H8.C2H6.3CH4.4Ar/c1-3-2;1-2;;;;;;;/h3H2,1-2H3;1-2H3;3*1H4;;;;. The molecule has 0 amide bonds. The van der Waals surface area contributed by atoms with Crippen molar-refractivity contribution in [3.63, 3.8) is 0 Å². The van der Waals surface area contributed by atoms with Crippen LogP contribution in [-0.2, 0) is 0 Å². The molecule has 0 nitrogen and oxygen atoms in total. The molecule has 0 fully saturated rings. The smallest absolute Gasteiger partial charge is 0 e. The SMILES string of the molecule is C.C.C.CC.CCC.[Ar].[Ar].[Ar].[Ar]. The Balaban J connectivity index is -0.00000000138. The Bertz CT molecular complexity index is 11.0. The van der Waals surface area contributed by atoms with Crippen LogP contribution in [0.3, 0.4) is 0 Å². The van der Waals surface area contributed by atoms with Crippen LogP contribution in [0.5, 0.6) is 0 Å². The van der Waals surface area contributed by atoms with Crippen LogP contribution in [0.1, 0.15) is 56.4 Å². The zero-order valence-corrected chi connectivity index (χ0v) is 8.95. The summed E-state index contributed by atoms with van der Waals surface area (Å²) < 4.78 is 0. The monoisotopic (exact) mass is 282 g/mol. The third-order valence-electron chi connectivity index (χ3n) is 0. The molecule has 0 aliphatic rings. The van der Waals surface area contributed by atoms with E-state index in [1.54, 1.807) is 0 Å². The molecule has 0 aromatic carbocycles.